The van der Waals surface area contributed by atoms with E-state index in [1.807, 2.05) is 6.92 Å². The van der Waals surface area contributed by atoms with Crippen molar-refractivity contribution in [3.8, 4) is 5.75 Å². The van der Waals surface area contributed by atoms with Crippen molar-refractivity contribution in [2.45, 2.75) is 6.92 Å². The Bertz CT molecular complexity index is 1020. The largest absolute Gasteiger partial charge is 0.494 e. The second-order valence-electron chi connectivity index (χ2n) is 5.57. The first-order chi connectivity index (χ1) is 13.1. The third-order valence-electron chi connectivity index (χ3n) is 3.64. The van der Waals surface area contributed by atoms with E-state index in [1.165, 1.54) is 6.07 Å². The molecule has 0 radical (unpaired) electrons. The summed E-state index contributed by atoms with van der Waals surface area (Å²) >= 11 is 0. The van der Waals surface area contributed by atoms with Gasteiger partial charge in [0.05, 0.1) is 6.61 Å². The third kappa shape index (κ3) is 4.52. The molecule has 1 amide bonds. The van der Waals surface area contributed by atoms with Crippen LogP contribution < -0.4 is 15.7 Å². The van der Waals surface area contributed by atoms with Crippen LogP contribution in [0.15, 0.2) is 63.8 Å². The first kappa shape index (κ1) is 18.2. The van der Waals surface area contributed by atoms with Crippen molar-refractivity contribution >= 4 is 28.5 Å². The van der Waals surface area contributed by atoms with Crippen LogP contribution in [0.2, 0.25) is 0 Å². The van der Waals surface area contributed by atoms with Crippen molar-refractivity contribution in [2.75, 3.05) is 18.5 Å². The standard InChI is InChI=1S/C20H17NO6/c1-2-25-15-9-7-14(8-10-15)21-18(22)12-26-19(23)16-11-13-5-3-4-6-17(13)27-20(16)24/h3-11H,2,12H2,1H3,(H,21,22). The molecule has 0 aliphatic rings. The number of nitrogens with one attached hydrogen (secondary N) is 1. The summed E-state index contributed by atoms with van der Waals surface area (Å²) in [5.41, 5.74) is -0.176. The molecule has 0 fully saturated rings. The Morgan fingerprint density at radius 3 is 2.56 bits per heavy atom. The number of amides is 1. The Kier molecular flexibility index (Phi) is 5.51. The van der Waals surface area contributed by atoms with Gasteiger partial charge < -0.3 is 19.2 Å². The average molecular weight is 367 g/mol. The number of fused-ring (bicyclic) bond motifs is 1. The van der Waals surface area contributed by atoms with Gasteiger partial charge in [-0.15, -0.1) is 0 Å². The lowest BCUT2D eigenvalue weighted by Crippen LogP contribution is -2.23. The van der Waals surface area contributed by atoms with E-state index in [0.29, 0.717) is 29.0 Å². The molecule has 1 aromatic heterocycles. The molecule has 0 aliphatic heterocycles. The molecule has 3 rings (SSSR count). The number of carbonyl (C=O) groups excluding carboxylic acids is 2. The van der Waals surface area contributed by atoms with Crippen molar-refractivity contribution in [2.24, 2.45) is 0 Å². The Labute approximate surface area is 154 Å². The lowest BCUT2D eigenvalue weighted by atomic mass is 10.2. The Hall–Kier alpha value is -3.61. The van der Waals surface area contributed by atoms with E-state index in [9.17, 15) is 14.4 Å². The highest BCUT2D eigenvalue weighted by molar-refractivity contribution is 5.96. The van der Waals surface area contributed by atoms with Gasteiger partial charge in [0.2, 0.25) is 0 Å². The minimum Gasteiger partial charge on any atom is -0.494 e. The van der Waals surface area contributed by atoms with Gasteiger partial charge in [-0.05, 0) is 43.3 Å². The number of esters is 1. The molecule has 0 unspecified atom stereocenters. The molecule has 1 heterocycles. The number of hydrogen-bond donors (Lipinski definition) is 1. The average Bonchev–Trinajstić information content (AvgIpc) is 2.67. The highest BCUT2D eigenvalue weighted by Crippen LogP contribution is 2.16. The molecule has 138 valence electrons. The van der Waals surface area contributed by atoms with Crippen molar-refractivity contribution in [3.63, 3.8) is 0 Å². The van der Waals surface area contributed by atoms with Crippen LogP contribution in [0.1, 0.15) is 17.3 Å². The van der Waals surface area contributed by atoms with Crippen LogP contribution in [0.5, 0.6) is 5.75 Å². The number of benzene rings is 2. The molecular weight excluding hydrogens is 350 g/mol. The normalized spacial score (nSPS) is 10.4. The van der Waals surface area contributed by atoms with Gasteiger partial charge in [0, 0.05) is 11.1 Å². The summed E-state index contributed by atoms with van der Waals surface area (Å²) in [6.07, 6.45) is 0. The fourth-order valence-electron chi connectivity index (χ4n) is 2.41. The lowest BCUT2D eigenvalue weighted by Gasteiger charge is -2.08. The van der Waals surface area contributed by atoms with Gasteiger partial charge in [-0.3, -0.25) is 4.79 Å². The van der Waals surface area contributed by atoms with Crippen molar-refractivity contribution in [3.05, 3.63) is 70.6 Å². The van der Waals surface area contributed by atoms with Gasteiger partial charge >= 0.3 is 11.6 Å². The second kappa shape index (κ2) is 8.18. The highest BCUT2D eigenvalue weighted by atomic mass is 16.5. The summed E-state index contributed by atoms with van der Waals surface area (Å²) in [4.78, 5) is 36.0. The first-order valence-corrected chi connectivity index (χ1v) is 8.29. The predicted molar refractivity (Wildman–Crippen MR) is 99.0 cm³/mol. The molecule has 7 heteroatoms. The Morgan fingerprint density at radius 1 is 1.07 bits per heavy atom. The van der Waals surface area contributed by atoms with Crippen LogP contribution >= 0.6 is 0 Å². The molecule has 7 nitrogen and oxygen atoms in total. The minimum absolute atomic E-state index is 0.262. The molecule has 0 aliphatic carbocycles. The van der Waals surface area contributed by atoms with Crippen LogP contribution in [0.3, 0.4) is 0 Å². The molecule has 0 spiro atoms. The number of carbonyl (C=O) groups is 2. The van der Waals surface area contributed by atoms with E-state index in [4.69, 9.17) is 13.9 Å². The van der Waals surface area contributed by atoms with E-state index in [2.05, 4.69) is 5.32 Å². The zero-order chi connectivity index (χ0) is 19.2. The van der Waals surface area contributed by atoms with Crippen molar-refractivity contribution in [1.82, 2.24) is 0 Å². The summed E-state index contributed by atoms with van der Waals surface area (Å²) in [7, 11) is 0. The molecule has 0 saturated carbocycles. The maximum Gasteiger partial charge on any atom is 0.351 e. The molecule has 0 bridgehead atoms. The molecule has 2 aromatic carbocycles. The van der Waals surface area contributed by atoms with Crippen LogP contribution in [0.25, 0.3) is 11.0 Å². The van der Waals surface area contributed by atoms with Crippen LogP contribution in [-0.4, -0.2) is 25.1 Å². The predicted octanol–water partition coefficient (Wildman–Crippen LogP) is 2.99. The molecule has 1 N–H and O–H groups in total. The lowest BCUT2D eigenvalue weighted by molar-refractivity contribution is -0.119. The summed E-state index contributed by atoms with van der Waals surface area (Å²) in [6.45, 7) is 1.89. The fraction of sp³-hybridized carbons (Fsp3) is 0.150. The SMILES string of the molecule is CCOc1ccc(NC(=O)COC(=O)c2cc3ccccc3oc2=O)cc1. The summed E-state index contributed by atoms with van der Waals surface area (Å²) < 4.78 is 15.3. The van der Waals surface area contributed by atoms with Gasteiger partial charge in [0.1, 0.15) is 16.9 Å². The monoisotopic (exact) mass is 367 g/mol. The molecule has 27 heavy (non-hydrogen) atoms. The summed E-state index contributed by atoms with van der Waals surface area (Å²) in [5.74, 6) is -0.765. The Balaban J connectivity index is 1.61. The third-order valence-corrected chi connectivity index (χ3v) is 3.64. The van der Waals surface area contributed by atoms with Crippen LogP contribution in [0.4, 0.5) is 5.69 Å². The van der Waals surface area contributed by atoms with Gasteiger partial charge in [0.25, 0.3) is 5.91 Å². The Morgan fingerprint density at radius 2 is 1.81 bits per heavy atom. The van der Waals surface area contributed by atoms with Crippen molar-refractivity contribution < 1.29 is 23.5 Å². The van der Waals surface area contributed by atoms with E-state index < -0.39 is 24.1 Å². The number of para-hydroxylation sites is 1. The summed E-state index contributed by atoms with van der Waals surface area (Å²) in [6, 6.07) is 14.9. The second-order valence-corrected chi connectivity index (χ2v) is 5.57. The maximum atomic E-state index is 12.1. The zero-order valence-electron chi connectivity index (χ0n) is 14.6. The molecular formula is C20H17NO6. The van der Waals surface area contributed by atoms with Gasteiger partial charge in [-0.2, -0.15) is 0 Å². The molecule has 3 aromatic rings. The smallest absolute Gasteiger partial charge is 0.351 e. The number of rotatable bonds is 6. The van der Waals surface area contributed by atoms with E-state index in [-0.39, 0.29) is 5.56 Å². The van der Waals surface area contributed by atoms with Gasteiger partial charge in [-0.1, -0.05) is 18.2 Å². The first-order valence-electron chi connectivity index (χ1n) is 8.29. The summed E-state index contributed by atoms with van der Waals surface area (Å²) in [5, 5.41) is 3.18. The quantitative estimate of drug-likeness (QED) is 0.532. The molecule has 0 saturated heterocycles. The number of ether oxygens (including phenoxy) is 2. The maximum absolute atomic E-state index is 12.1. The van der Waals surface area contributed by atoms with E-state index in [1.54, 1.807) is 48.5 Å². The van der Waals surface area contributed by atoms with Crippen LogP contribution in [-0.2, 0) is 9.53 Å². The minimum atomic E-state index is -0.920. The zero-order valence-corrected chi connectivity index (χ0v) is 14.6. The van der Waals surface area contributed by atoms with Crippen molar-refractivity contribution in [1.29, 1.82) is 0 Å². The fourth-order valence-corrected chi connectivity index (χ4v) is 2.41. The number of anilines is 1. The topological polar surface area (TPSA) is 94.8 Å². The van der Waals surface area contributed by atoms with Gasteiger partial charge in [0.15, 0.2) is 6.61 Å². The van der Waals surface area contributed by atoms with Gasteiger partial charge in [-0.25, -0.2) is 9.59 Å². The highest BCUT2D eigenvalue weighted by Gasteiger charge is 2.16. The van der Waals surface area contributed by atoms with E-state index in [0.717, 1.165) is 0 Å². The van der Waals surface area contributed by atoms with E-state index >= 15 is 0 Å². The number of hydrogen-bond acceptors (Lipinski definition) is 6. The van der Waals surface area contributed by atoms with Crippen LogP contribution in [0, 0.1) is 0 Å². The molecule has 0 atom stereocenters.